The third kappa shape index (κ3) is 4.50. The highest BCUT2D eigenvalue weighted by Crippen LogP contribution is 2.27. The number of anilines is 1. The van der Waals surface area contributed by atoms with Crippen molar-refractivity contribution in [3.05, 3.63) is 30.6 Å². The first-order valence-electron chi connectivity index (χ1n) is 8.65. The van der Waals surface area contributed by atoms with Crippen LogP contribution in [-0.4, -0.2) is 29.3 Å². The van der Waals surface area contributed by atoms with Crippen LogP contribution in [-0.2, 0) is 10.0 Å². The summed E-state index contributed by atoms with van der Waals surface area (Å²) in [5, 5.41) is 4.29. The van der Waals surface area contributed by atoms with Gasteiger partial charge in [0.25, 0.3) is 16.0 Å². The van der Waals surface area contributed by atoms with Crippen LogP contribution in [0.5, 0.6) is 5.75 Å². The lowest BCUT2D eigenvalue weighted by Crippen LogP contribution is -2.16. The van der Waals surface area contributed by atoms with Gasteiger partial charge in [-0.05, 0) is 51.0 Å². The van der Waals surface area contributed by atoms with Gasteiger partial charge in [0.15, 0.2) is 0 Å². The summed E-state index contributed by atoms with van der Waals surface area (Å²) in [6, 6.07) is 6.62. The Morgan fingerprint density at radius 1 is 1.16 bits per heavy atom. The second kappa shape index (κ2) is 7.43. The highest BCUT2D eigenvalue weighted by molar-refractivity contribution is 7.92. The van der Waals surface area contributed by atoms with E-state index in [0.717, 1.165) is 12.8 Å². The van der Waals surface area contributed by atoms with Gasteiger partial charge in [-0.1, -0.05) is 19.3 Å². The zero-order valence-corrected chi connectivity index (χ0v) is 15.4. The second-order valence-electron chi connectivity index (χ2n) is 6.58. The molecule has 1 aromatic heterocycles. The quantitative estimate of drug-likeness (QED) is 0.849. The Labute approximate surface area is 148 Å². The molecule has 0 aliphatic heterocycles. The molecule has 0 amide bonds. The standard InChI is InChI=1S/C17H24N4O3S/c1-13(2)24-15-8-10-16(11-9-15)25(22,23)20-17-18-12-21(19-17)14-6-4-3-5-7-14/h8-14H,3-7H2,1-2H3,(H,19,20). The first-order valence-corrected chi connectivity index (χ1v) is 10.1. The van der Waals surface area contributed by atoms with Gasteiger partial charge in [0, 0.05) is 0 Å². The van der Waals surface area contributed by atoms with Crippen LogP contribution in [0.4, 0.5) is 5.95 Å². The number of ether oxygens (including phenoxy) is 1. The number of sulfonamides is 1. The van der Waals surface area contributed by atoms with Crippen LogP contribution in [0.3, 0.4) is 0 Å². The van der Waals surface area contributed by atoms with Crippen LogP contribution in [0.25, 0.3) is 0 Å². The number of rotatable bonds is 6. The van der Waals surface area contributed by atoms with Crippen molar-refractivity contribution < 1.29 is 13.2 Å². The third-order valence-electron chi connectivity index (χ3n) is 4.19. The Morgan fingerprint density at radius 3 is 2.48 bits per heavy atom. The number of hydrogen-bond acceptors (Lipinski definition) is 5. The molecule has 1 aromatic carbocycles. The summed E-state index contributed by atoms with van der Waals surface area (Å²) in [7, 11) is -3.72. The molecule has 0 bridgehead atoms. The van der Waals surface area contributed by atoms with Crippen LogP contribution in [0.2, 0.25) is 0 Å². The Hall–Kier alpha value is -2.09. The van der Waals surface area contributed by atoms with E-state index in [-0.39, 0.29) is 16.9 Å². The summed E-state index contributed by atoms with van der Waals surface area (Å²) >= 11 is 0. The molecule has 8 heteroatoms. The average molecular weight is 364 g/mol. The molecule has 1 N–H and O–H groups in total. The molecule has 25 heavy (non-hydrogen) atoms. The minimum Gasteiger partial charge on any atom is -0.491 e. The molecule has 1 heterocycles. The van der Waals surface area contributed by atoms with E-state index in [4.69, 9.17) is 4.74 Å². The van der Waals surface area contributed by atoms with E-state index in [0.29, 0.717) is 11.8 Å². The van der Waals surface area contributed by atoms with E-state index >= 15 is 0 Å². The van der Waals surface area contributed by atoms with Gasteiger partial charge in [-0.3, -0.25) is 0 Å². The molecule has 1 saturated carbocycles. The summed E-state index contributed by atoms with van der Waals surface area (Å²) in [5.74, 6) is 0.738. The number of hydrogen-bond donors (Lipinski definition) is 1. The molecule has 136 valence electrons. The summed E-state index contributed by atoms with van der Waals surface area (Å²) in [5.41, 5.74) is 0. The number of aromatic nitrogens is 3. The van der Waals surface area contributed by atoms with Gasteiger partial charge in [0.2, 0.25) is 0 Å². The van der Waals surface area contributed by atoms with E-state index < -0.39 is 10.0 Å². The molecule has 1 fully saturated rings. The fourth-order valence-corrected chi connectivity index (χ4v) is 3.94. The van der Waals surface area contributed by atoms with Gasteiger partial charge in [0.1, 0.15) is 12.1 Å². The maximum atomic E-state index is 12.5. The minimum absolute atomic E-state index is 0.0357. The van der Waals surface area contributed by atoms with Crippen molar-refractivity contribution in [1.29, 1.82) is 0 Å². The van der Waals surface area contributed by atoms with Crippen molar-refractivity contribution in [2.45, 2.75) is 63.0 Å². The van der Waals surface area contributed by atoms with Crippen molar-refractivity contribution in [3.8, 4) is 5.75 Å². The van der Waals surface area contributed by atoms with Crippen molar-refractivity contribution >= 4 is 16.0 Å². The third-order valence-corrected chi connectivity index (χ3v) is 5.53. The van der Waals surface area contributed by atoms with Gasteiger partial charge < -0.3 is 4.74 Å². The SMILES string of the molecule is CC(C)Oc1ccc(S(=O)(=O)Nc2ncn(C3CCCCC3)n2)cc1. The van der Waals surface area contributed by atoms with Crippen molar-refractivity contribution in [1.82, 2.24) is 14.8 Å². The minimum atomic E-state index is -3.72. The van der Waals surface area contributed by atoms with E-state index in [1.165, 1.54) is 31.4 Å². The van der Waals surface area contributed by atoms with E-state index in [2.05, 4.69) is 14.8 Å². The summed E-state index contributed by atoms with van der Waals surface area (Å²) in [6.45, 7) is 3.83. The summed E-state index contributed by atoms with van der Waals surface area (Å²) < 4.78 is 34.7. The van der Waals surface area contributed by atoms with Crippen LogP contribution >= 0.6 is 0 Å². The van der Waals surface area contributed by atoms with Crippen molar-refractivity contribution in [2.75, 3.05) is 4.72 Å². The van der Waals surface area contributed by atoms with Gasteiger partial charge in [-0.15, -0.1) is 5.10 Å². The molecule has 3 rings (SSSR count). The molecular weight excluding hydrogens is 340 g/mol. The zero-order valence-electron chi connectivity index (χ0n) is 14.6. The lowest BCUT2D eigenvalue weighted by Gasteiger charge is -2.21. The fraction of sp³-hybridized carbons (Fsp3) is 0.529. The lowest BCUT2D eigenvalue weighted by molar-refractivity contribution is 0.242. The molecule has 0 saturated heterocycles. The molecule has 0 radical (unpaired) electrons. The van der Waals surface area contributed by atoms with E-state index in [1.54, 1.807) is 23.1 Å². The van der Waals surface area contributed by atoms with E-state index in [9.17, 15) is 8.42 Å². The predicted octanol–water partition coefficient (Wildman–Crippen LogP) is 3.37. The van der Waals surface area contributed by atoms with E-state index in [1.807, 2.05) is 13.8 Å². The highest BCUT2D eigenvalue weighted by atomic mass is 32.2. The Bertz CT molecular complexity index is 794. The summed E-state index contributed by atoms with van der Waals surface area (Å²) in [4.78, 5) is 4.25. The van der Waals surface area contributed by atoms with Crippen LogP contribution in [0.1, 0.15) is 52.0 Å². The Kier molecular flexibility index (Phi) is 5.27. The fourth-order valence-electron chi connectivity index (χ4n) is 2.99. The molecule has 0 atom stereocenters. The molecule has 1 aliphatic rings. The first-order chi connectivity index (χ1) is 11.9. The normalized spacial score (nSPS) is 16.1. The highest BCUT2D eigenvalue weighted by Gasteiger charge is 2.20. The van der Waals surface area contributed by atoms with Gasteiger partial charge in [-0.2, -0.15) is 4.98 Å². The predicted molar refractivity (Wildman–Crippen MR) is 95.2 cm³/mol. The van der Waals surface area contributed by atoms with Crippen LogP contribution < -0.4 is 9.46 Å². The van der Waals surface area contributed by atoms with Gasteiger partial charge in [0.05, 0.1) is 17.0 Å². The maximum absolute atomic E-state index is 12.5. The van der Waals surface area contributed by atoms with Gasteiger partial charge >= 0.3 is 0 Å². The van der Waals surface area contributed by atoms with Crippen LogP contribution in [0, 0.1) is 0 Å². The average Bonchev–Trinajstić information content (AvgIpc) is 3.03. The zero-order chi connectivity index (χ0) is 17.9. The number of nitrogens with zero attached hydrogens (tertiary/aromatic N) is 3. The number of nitrogens with one attached hydrogen (secondary N) is 1. The smallest absolute Gasteiger partial charge is 0.264 e. The molecule has 2 aromatic rings. The molecule has 7 nitrogen and oxygen atoms in total. The largest absolute Gasteiger partial charge is 0.491 e. The second-order valence-corrected chi connectivity index (χ2v) is 8.27. The lowest BCUT2D eigenvalue weighted by atomic mass is 9.96. The number of benzene rings is 1. The maximum Gasteiger partial charge on any atom is 0.264 e. The van der Waals surface area contributed by atoms with Crippen LogP contribution in [0.15, 0.2) is 35.5 Å². The first kappa shape index (κ1) is 17.7. The molecule has 0 spiro atoms. The molecule has 1 aliphatic carbocycles. The Morgan fingerprint density at radius 2 is 1.84 bits per heavy atom. The topological polar surface area (TPSA) is 86.1 Å². The molecule has 0 unspecified atom stereocenters. The molecular formula is C17H24N4O3S. The van der Waals surface area contributed by atoms with Gasteiger partial charge in [-0.25, -0.2) is 17.8 Å². The summed E-state index contributed by atoms with van der Waals surface area (Å²) in [6.07, 6.45) is 7.37. The van der Waals surface area contributed by atoms with Crippen molar-refractivity contribution in [3.63, 3.8) is 0 Å². The van der Waals surface area contributed by atoms with Crippen molar-refractivity contribution in [2.24, 2.45) is 0 Å². The monoisotopic (exact) mass is 364 g/mol. The Balaban J connectivity index is 1.69.